The summed E-state index contributed by atoms with van der Waals surface area (Å²) in [4.78, 5) is 30.6. The summed E-state index contributed by atoms with van der Waals surface area (Å²) in [6.07, 6.45) is 1.47. The SMILES string of the molecule is O=C(Nc1ccc2c(c1)OCO2)c1cccn(OCc2ccccc2)c1=O. The highest BCUT2D eigenvalue weighted by molar-refractivity contribution is 6.04. The molecule has 4 rings (SSSR count). The van der Waals surface area contributed by atoms with Gasteiger partial charge in [0.1, 0.15) is 12.2 Å². The summed E-state index contributed by atoms with van der Waals surface area (Å²) in [5.74, 6) is 0.630. The molecule has 0 spiro atoms. The number of pyridine rings is 1. The van der Waals surface area contributed by atoms with Gasteiger partial charge in [-0.1, -0.05) is 30.3 Å². The maximum Gasteiger partial charge on any atom is 0.295 e. The van der Waals surface area contributed by atoms with Gasteiger partial charge < -0.3 is 19.6 Å². The third-order valence-electron chi connectivity index (χ3n) is 4.00. The van der Waals surface area contributed by atoms with Crippen LogP contribution in [0.1, 0.15) is 15.9 Å². The minimum absolute atomic E-state index is 0.0248. The summed E-state index contributed by atoms with van der Waals surface area (Å²) in [5.41, 5.74) is 0.860. The van der Waals surface area contributed by atoms with E-state index in [1.165, 1.54) is 12.3 Å². The molecule has 0 saturated heterocycles. The Balaban J connectivity index is 1.50. The Morgan fingerprint density at radius 3 is 2.70 bits per heavy atom. The van der Waals surface area contributed by atoms with Gasteiger partial charge in [0.05, 0.1) is 0 Å². The van der Waals surface area contributed by atoms with Crippen LogP contribution >= 0.6 is 0 Å². The van der Waals surface area contributed by atoms with E-state index in [4.69, 9.17) is 14.3 Å². The summed E-state index contributed by atoms with van der Waals surface area (Å²) in [6, 6.07) is 17.5. The molecule has 7 heteroatoms. The van der Waals surface area contributed by atoms with Crippen LogP contribution in [0.2, 0.25) is 0 Å². The van der Waals surface area contributed by atoms with E-state index in [-0.39, 0.29) is 19.0 Å². The zero-order valence-corrected chi connectivity index (χ0v) is 14.3. The minimum atomic E-state index is -0.535. The van der Waals surface area contributed by atoms with Crippen LogP contribution in [0, 0.1) is 0 Å². The fourth-order valence-corrected chi connectivity index (χ4v) is 2.64. The fourth-order valence-electron chi connectivity index (χ4n) is 2.64. The molecule has 0 unspecified atom stereocenters. The summed E-state index contributed by atoms with van der Waals surface area (Å²) in [7, 11) is 0. The molecule has 1 aliphatic rings. The lowest BCUT2D eigenvalue weighted by Gasteiger charge is -2.10. The van der Waals surface area contributed by atoms with Gasteiger partial charge in [0.25, 0.3) is 11.5 Å². The first kappa shape index (κ1) is 16.7. The van der Waals surface area contributed by atoms with Crippen molar-refractivity contribution < 1.29 is 19.1 Å². The van der Waals surface area contributed by atoms with Gasteiger partial charge >= 0.3 is 0 Å². The molecule has 7 nitrogen and oxygen atoms in total. The van der Waals surface area contributed by atoms with Crippen LogP contribution in [0.3, 0.4) is 0 Å². The molecule has 0 radical (unpaired) electrons. The summed E-state index contributed by atoms with van der Waals surface area (Å²) < 4.78 is 11.6. The normalized spacial score (nSPS) is 11.9. The number of fused-ring (bicyclic) bond motifs is 1. The van der Waals surface area contributed by atoms with Gasteiger partial charge in [-0.15, -0.1) is 0 Å². The van der Waals surface area contributed by atoms with Crippen molar-refractivity contribution in [1.29, 1.82) is 0 Å². The van der Waals surface area contributed by atoms with Gasteiger partial charge in [0, 0.05) is 18.0 Å². The predicted octanol–water partition coefficient (Wildman–Crippen LogP) is 2.46. The molecule has 3 aromatic rings. The summed E-state index contributed by atoms with van der Waals surface area (Å²) in [5, 5.41) is 2.69. The second kappa shape index (κ2) is 7.25. The van der Waals surface area contributed by atoms with E-state index >= 15 is 0 Å². The molecule has 0 aliphatic carbocycles. The third kappa shape index (κ3) is 3.62. The molecule has 0 fully saturated rings. The highest BCUT2D eigenvalue weighted by Gasteiger charge is 2.17. The zero-order chi connectivity index (χ0) is 18.6. The molecule has 1 aromatic heterocycles. The number of nitrogens with zero attached hydrogens (tertiary/aromatic N) is 1. The standard InChI is InChI=1S/C20H16N2O5/c23-19(21-15-8-9-17-18(11-15)26-13-25-17)16-7-4-10-22(20(16)24)27-12-14-5-2-1-3-6-14/h1-11H,12-13H2,(H,21,23). The first-order valence-electron chi connectivity index (χ1n) is 8.30. The Bertz CT molecular complexity index is 1030. The van der Waals surface area contributed by atoms with Crippen molar-refractivity contribution in [3.63, 3.8) is 0 Å². The monoisotopic (exact) mass is 364 g/mol. The molecule has 1 N–H and O–H groups in total. The molecule has 2 aromatic carbocycles. The van der Waals surface area contributed by atoms with E-state index in [0.717, 1.165) is 10.3 Å². The fraction of sp³-hybridized carbons (Fsp3) is 0.100. The smallest absolute Gasteiger partial charge is 0.295 e. The quantitative estimate of drug-likeness (QED) is 0.752. The second-order valence-electron chi connectivity index (χ2n) is 5.83. The topological polar surface area (TPSA) is 78.8 Å². The van der Waals surface area contributed by atoms with E-state index in [0.29, 0.717) is 17.2 Å². The van der Waals surface area contributed by atoms with Gasteiger partial charge in [0.15, 0.2) is 11.5 Å². The zero-order valence-electron chi connectivity index (χ0n) is 14.3. The molecule has 1 aliphatic heterocycles. The number of hydrogen-bond donors (Lipinski definition) is 1. The van der Waals surface area contributed by atoms with E-state index in [2.05, 4.69) is 5.32 Å². The lowest BCUT2D eigenvalue weighted by molar-refractivity contribution is 0.0863. The Morgan fingerprint density at radius 2 is 1.85 bits per heavy atom. The molecular weight excluding hydrogens is 348 g/mol. The number of benzene rings is 2. The molecule has 2 heterocycles. The van der Waals surface area contributed by atoms with Crippen molar-refractivity contribution in [2.24, 2.45) is 0 Å². The number of carbonyl (C=O) groups excluding carboxylic acids is 1. The minimum Gasteiger partial charge on any atom is -0.454 e. The van der Waals surface area contributed by atoms with Crippen LogP contribution in [-0.2, 0) is 6.61 Å². The molecule has 136 valence electrons. The Morgan fingerprint density at radius 1 is 1.04 bits per heavy atom. The molecule has 0 bridgehead atoms. The van der Waals surface area contributed by atoms with Crippen molar-refractivity contribution in [3.05, 3.63) is 88.3 Å². The first-order chi connectivity index (χ1) is 13.2. The average Bonchev–Trinajstić information content (AvgIpc) is 3.16. The highest BCUT2D eigenvalue weighted by Crippen LogP contribution is 2.34. The number of ether oxygens (including phenoxy) is 2. The number of anilines is 1. The summed E-state index contributed by atoms with van der Waals surface area (Å²) in [6.45, 7) is 0.364. The van der Waals surface area contributed by atoms with Gasteiger partial charge in [-0.2, -0.15) is 4.73 Å². The number of nitrogens with one attached hydrogen (secondary N) is 1. The summed E-state index contributed by atoms with van der Waals surface area (Å²) >= 11 is 0. The van der Waals surface area contributed by atoms with E-state index in [1.54, 1.807) is 24.3 Å². The van der Waals surface area contributed by atoms with Gasteiger partial charge in [-0.25, -0.2) is 0 Å². The molecule has 0 saturated carbocycles. The van der Waals surface area contributed by atoms with Crippen LogP contribution in [0.25, 0.3) is 0 Å². The lowest BCUT2D eigenvalue weighted by atomic mass is 10.2. The van der Waals surface area contributed by atoms with Crippen LogP contribution in [0.4, 0.5) is 5.69 Å². The maximum atomic E-state index is 12.5. The van der Waals surface area contributed by atoms with E-state index < -0.39 is 11.5 Å². The average molecular weight is 364 g/mol. The number of rotatable bonds is 5. The number of aromatic nitrogens is 1. The molecule has 0 atom stereocenters. The van der Waals surface area contributed by atoms with Crippen molar-refractivity contribution >= 4 is 11.6 Å². The maximum absolute atomic E-state index is 12.5. The number of hydrogen-bond acceptors (Lipinski definition) is 5. The largest absolute Gasteiger partial charge is 0.454 e. The molecular formula is C20H16N2O5. The molecule has 27 heavy (non-hydrogen) atoms. The predicted molar refractivity (Wildman–Crippen MR) is 97.9 cm³/mol. The second-order valence-corrected chi connectivity index (χ2v) is 5.83. The van der Waals surface area contributed by atoms with Crippen molar-refractivity contribution in [2.45, 2.75) is 6.61 Å². The van der Waals surface area contributed by atoms with Crippen LogP contribution in [0.5, 0.6) is 11.5 Å². The van der Waals surface area contributed by atoms with Crippen molar-refractivity contribution in [3.8, 4) is 11.5 Å². The number of carbonyl (C=O) groups is 1. The Kier molecular flexibility index (Phi) is 4.49. The van der Waals surface area contributed by atoms with E-state index in [9.17, 15) is 9.59 Å². The van der Waals surface area contributed by atoms with Gasteiger partial charge in [0.2, 0.25) is 6.79 Å². The number of amides is 1. The molecule has 1 amide bonds. The van der Waals surface area contributed by atoms with Gasteiger partial charge in [-0.05, 0) is 29.8 Å². The van der Waals surface area contributed by atoms with Crippen molar-refractivity contribution in [1.82, 2.24) is 4.73 Å². The van der Waals surface area contributed by atoms with Crippen molar-refractivity contribution in [2.75, 3.05) is 12.1 Å². The highest BCUT2D eigenvalue weighted by atomic mass is 16.7. The van der Waals surface area contributed by atoms with E-state index in [1.807, 2.05) is 30.3 Å². The van der Waals surface area contributed by atoms with Crippen LogP contribution < -0.4 is 25.2 Å². The van der Waals surface area contributed by atoms with Crippen LogP contribution in [0.15, 0.2) is 71.7 Å². The third-order valence-corrected chi connectivity index (χ3v) is 4.00. The lowest BCUT2D eigenvalue weighted by Crippen LogP contribution is -2.32. The Hall–Kier alpha value is -3.74. The van der Waals surface area contributed by atoms with Crippen LogP contribution in [-0.4, -0.2) is 17.4 Å². The Labute approximate surface area is 154 Å². The van der Waals surface area contributed by atoms with Gasteiger partial charge in [-0.3, -0.25) is 9.59 Å². The first-order valence-corrected chi connectivity index (χ1v) is 8.30.